The highest BCUT2D eigenvalue weighted by atomic mass is 19.1. The highest BCUT2D eigenvalue weighted by molar-refractivity contribution is 5.38. The molecule has 27 heavy (non-hydrogen) atoms. The average Bonchev–Trinajstić information content (AvgIpc) is 2.68. The SMILES string of the molecule is C/C(=C\C=C(/C)C(C)(C)c1ccc(OCC(O)CF)cc1)OCC(O)CF. The summed E-state index contributed by atoms with van der Waals surface area (Å²) in [5.41, 5.74) is 1.89. The Kier molecular flexibility index (Phi) is 9.46. The lowest BCUT2D eigenvalue weighted by atomic mass is 9.78. The van der Waals surface area contributed by atoms with Crippen molar-refractivity contribution in [3.05, 3.63) is 53.3 Å². The molecule has 0 aliphatic heterocycles. The fourth-order valence-corrected chi connectivity index (χ4v) is 2.20. The van der Waals surface area contributed by atoms with E-state index in [4.69, 9.17) is 9.47 Å². The molecule has 0 heterocycles. The predicted molar refractivity (Wildman–Crippen MR) is 102 cm³/mol. The van der Waals surface area contributed by atoms with Gasteiger partial charge in [0.2, 0.25) is 0 Å². The van der Waals surface area contributed by atoms with Crippen LogP contribution in [0.25, 0.3) is 0 Å². The van der Waals surface area contributed by atoms with Crippen molar-refractivity contribution in [2.45, 2.75) is 45.3 Å². The zero-order valence-corrected chi connectivity index (χ0v) is 16.4. The molecule has 1 aromatic carbocycles. The summed E-state index contributed by atoms with van der Waals surface area (Å²) >= 11 is 0. The van der Waals surface area contributed by atoms with Crippen LogP contribution in [0.4, 0.5) is 8.78 Å². The van der Waals surface area contributed by atoms with E-state index in [0.29, 0.717) is 11.5 Å². The maximum atomic E-state index is 12.3. The van der Waals surface area contributed by atoms with Gasteiger partial charge in [0.25, 0.3) is 0 Å². The standard InChI is InChI=1S/C21H30F2O4/c1-15(5-6-16(2)26-13-18(24)11-22)21(3,4)17-7-9-20(10-8-17)27-14-19(25)12-23/h5-10,18-19,24-25H,11-14H2,1-4H3/b15-5+,16-6+. The van der Waals surface area contributed by atoms with Gasteiger partial charge in [0.15, 0.2) is 0 Å². The van der Waals surface area contributed by atoms with Crippen molar-refractivity contribution < 1.29 is 28.5 Å². The molecular formula is C21H30F2O4. The first kappa shape index (κ1) is 23.1. The van der Waals surface area contributed by atoms with Gasteiger partial charge in [-0.15, -0.1) is 0 Å². The van der Waals surface area contributed by atoms with Gasteiger partial charge in [-0.05, 0) is 37.6 Å². The molecule has 0 radical (unpaired) electrons. The molecule has 0 amide bonds. The van der Waals surface area contributed by atoms with Crippen molar-refractivity contribution in [2.75, 3.05) is 26.6 Å². The van der Waals surface area contributed by atoms with Crippen molar-refractivity contribution in [1.29, 1.82) is 0 Å². The number of ether oxygens (including phenoxy) is 2. The number of allylic oxidation sites excluding steroid dienone is 4. The number of aliphatic hydroxyl groups is 2. The molecule has 0 aliphatic carbocycles. The summed E-state index contributed by atoms with van der Waals surface area (Å²) in [5, 5.41) is 18.4. The summed E-state index contributed by atoms with van der Waals surface area (Å²) in [7, 11) is 0. The summed E-state index contributed by atoms with van der Waals surface area (Å²) in [6, 6.07) is 7.44. The van der Waals surface area contributed by atoms with Gasteiger partial charge in [-0.2, -0.15) is 0 Å². The molecule has 152 valence electrons. The number of alkyl halides is 2. The van der Waals surface area contributed by atoms with Crippen LogP contribution in [0.3, 0.4) is 0 Å². The third-order valence-electron chi connectivity index (χ3n) is 4.43. The van der Waals surface area contributed by atoms with Crippen molar-refractivity contribution in [1.82, 2.24) is 0 Å². The Hall–Kier alpha value is -1.92. The molecule has 1 aromatic rings. The molecule has 4 nitrogen and oxygen atoms in total. The van der Waals surface area contributed by atoms with Gasteiger partial charge in [-0.25, -0.2) is 8.78 Å². The highest BCUT2D eigenvalue weighted by Crippen LogP contribution is 2.32. The van der Waals surface area contributed by atoms with Crippen molar-refractivity contribution in [3.8, 4) is 5.75 Å². The van der Waals surface area contributed by atoms with E-state index in [2.05, 4.69) is 13.8 Å². The van der Waals surface area contributed by atoms with Crippen LogP contribution in [-0.2, 0) is 10.2 Å². The molecule has 0 saturated carbocycles. The Bertz CT molecular complexity index is 624. The number of hydrogen-bond acceptors (Lipinski definition) is 4. The normalized spacial score (nSPS) is 15.4. The van der Waals surface area contributed by atoms with Gasteiger partial charge in [-0.1, -0.05) is 37.6 Å². The van der Waals surface area contributed by atoms with Crippen LogP contribution >= 0.6 is 0 Å². The minimum Gasteiger partial charge on any atom is -0.495 e. The van der Waals surface area contributed by atoms with E-state index in [1.165, 1.54) is 0 Å². The minimum absolute atomic E-state index is 0.0757. The van der Waals surface area contributed by atoms with Gasteiger partial charge in [0, 0.05) is 5.41 Å². The summed E-state index contributed by atoms with van der Waals surface area (Å²) < 4.78 is 35.1. The molecule has 2 N–H and O–H groups in total. The second kappa shape index (κ2) is 11.0. The lowest BCUT2D eigenvalue weighted by molar-refractivity contribution is 0.0546. The Morgan fingerprint density at radius 3 is 2.11 bits per heavy atom. The molecule has 0 aromatic heterocycles. The van der Waals surface area contributed by atoms with Crippen molar-refractivity contribution in [3.63, 3.8) is 0 Å². The molecule has 0 bridgehead atoms. The fraction of sp³-hybridized carbons (Fsp3) is 0.524. The van der Waals surface area contributed by atoms with Crippen LogP contribution in [0, 0.1) is 0 Å². The third kappa shape index (κ3) is 7.69. The van der Waals surface area contributed by atoms with Gasteiger partial charge in [0.05, 0.1) is 5.76 Å². The molecule has 6 heteroatoms. The maximum absolute atomic E-state index is 12.3. The van der Waals surface area contributed by atoms with Gasteiger partial charge < -0.3 is 19.7 Å². The first-order valence-electron chi connectivity index (χ1n) is 8.90. The molecule has 0 fully saturated rings. The second-order valence-corrected chi connectivity index (χ2v) is 7.01. The first-order valence-corrected chi connectivity index (χ1v) is 8.90. The fourth-order valence-electron chi connectivity index (χ4n) is 2.20. The van der Waals surface area contributed by atoms with Crippen LogP contribution in [-0.4, -0.2) is 49.0 Å². The number of hydrogen-bond donors (Lipinski definition) is 2. The monoisotopic (exact) mass is 384 g/mol. The first-order chi connectivity index (χ1) is 12.7. The summed E-state index contributed by atoms with van der Waals surface area (Å²) in [5.74, 6) is 1.16. The maximum Gasteiger partial charge on any atom is 0.119 e. The molecule has 0 spiro atoms. The molecular weight excluding hydrogens is 354 g/mol. The summed E-state index contributed by atoms with van der Waals surface area (Å²) in [4.78, 5) is 0. The van der Waals surface area contributed by atoms with Crippen molar-refractivity contribution >= 4 is 0 Å². The Morgan fingerprint density at radius 1 is 1.00 bits per heavy atom. The summed E-state index contributed by atoms with van der Waals surface area (Å²) in [6.45, 7) is 6.09. The lowest BCUT2D eigenvalue weighted by Gasteiger charge is -2.27. The minimum atomic E-state index is -1.12. The Labute approximate surface area is 160 Å². The Morgan fingerprint density at radius 2 is 1.56 bits per heavy atom. The highest BCUT2D eigenvalue weighted by Gasteiger charge is 2.22. The smallest absolute Gasteiger partial charge is 0.119 e. The van der Waals surface area contributed by atoms with Gasteiger partial charge in [0.1, 0.15) is 44.5 Å². The van der Waals surface area contributed by atoms with E-state index in [0.717, 1.165) is 11.1 Å². The lowest BCUT2D eigenvalue weighted by Crippen LogP contribution is -2.20. The Balaban J connectivity index is 2.76. The van der Waals surface area contributed by atoms with Crippen molar-refractivity contribution in [2.24, 2.45) is 0 Å². The van der Waals surface area contributed by atoms with Gasteiger partial charge >= 0.3 is 0 Å². The van der Waals surface area contributed by atoms with E-state index in [9.17, 15) is 19.0 Å². The van der Waals surface area contributed by atoms with E-state index < -0.39 is 25.6 Å². The van der Waals surface area contributed by atoms with E-state index in [1.54, 1.807) is 25.1 Å². The topological polar surface area (TPSA) is 58.9 Å². The van der Waals surface area contributed by atoms with Crippen LogP contribution < -0.4 is 4.74 Å². The van der Waals surface area contributed by atoms with E-state index in [1.807, 2.05) is 25.1 Å². The average molecular weight is 384 g/mol. The van der Waals surface area contributed by atoms with E-state index in [-0.39, 0.29) is 18.6 Å². The third-order valence-corrected chi connectivity index (χ3v) is 4.43. The zero-order valence-electron chi connectivity index (χ0n) is 16.4. The molecule has 0 aliphatic rings. The summed E-state index contributed by atoms with van der Waals surface area (Å²) in [6.07, 6.45) is 1.49. The number of rotatable bonds is 11. The predicted octanol–water partition coefficient (Wildman–Crippen LogP) is 3.87. The zero-order chi connectivity index (χ0) is 20.4. The molecule has 2 atom stereocenters. The molecule has 0 saturated heterocycles. The number of aliphatic hydroxyl groups excluding tert-OH is 2. The van der Waals surface area contributed by atoms with Crippen LogP contribution in [0.2, 0.25) is 0 Å². The van der Waals surface area contributed by atoms with Gasteiger partial charge in [-0.3, -0.25) is 0 Å². The second-order valence-electron chi connectivity index (χ2n) is 7.01. The number of halogens is 2. The largest absolute Gasteiger partial charge is 0.495 e. The quantitative estimate of drug-likeness (QED) is 0.449. The molecule has 2 unspecified atom stereocenters. The van der Waals surface area contributed by atoms with E-state index >= 15 is 0 Å². The van der Waals surface area contributed by atoms with Crippen LogP contribution in [0.15, 0.2) is 47.7 Å². The van der Waals surface area contributed by atoms with Crippen LogP contribution in [0.1, 0.15) is 33.3 Å². The molecule has 1 rings (SSSR count). The number of benzene rings is 1. The van der Waals surface area contributed by atoms with Crippen LogP contribution in [0.5, 0.6) is 5.75 Å².